The largest absolute Gasteiger partial charge is 0.446 e. The fraction of sp³-hybridized carbons (Fsp3) is 0.900. The molecule has 2 N–H and O–H groups in total. The van der Waals surface area contributed by atoms with E-state index in [1.54, 1.807) is 0 Å². The second-order valence-electron chi connectivity index (χ2n) is 9.58. The zero-order chi connectivity index (χ0) is 19.8. The molecule has 0 aromatic rings. The van der Waals surface area contributed by atoms with E-state index in [0.717, 1.165) is 19.3 Å². The van der Waals surface area contributed by atoms with Crippen molar-refractivity contribution >= 4 is 12.1 Å². The van der Waals surface area contributed by atoms with Crippen molar-refractivity contribution in [2.24, 2.45) is 41.2 Å². The Morgan fingerprint density at radius 3 is 2.64 bits per heavy atom. The number of esters is 1. The minimum Gasteiger partial charge on any atom is -0.446 e. The van der Waals surface area contributed by atoms with Gasteiger partial charge in [-0.15, -0.1) is 0 Å². The van der Waals surface area contributed by atoms with Crippen molar-refractivity contribution in [3.05, 3.63) is 0 Å². The van der Waals surface area contributed by atoms with Crippen molar-refractivity contribution in [1.82, 2.24) is 0 Å². The first-order valence-corrected chi connectivity index (χ1v) is 10.5. The van der Waals surface area contributed by atoms with E-state index in [2.05, 4.69) is 6.92 Å². The van der Waals surface area contributed by atoms with E-state index >= 15 is 0 Å². The Hall–Kier alpha value is -1.38. The third-order valence-corrected chi connectivity index (χ3v) is 7.95. The summed E-state index contributed by atoms with van der Waals surface area (Å²) in [6.07, 6.45) is 2.54. The van der Waals surface area contributed by atoms with Gasteiger partial charge >= 0.3 is 12.1 Å². The topological polar surface area (TPSA) is 106 Å². The van der Waals surface area contributed by atoms with E-state index in [9.17, 15) is 9.59 Å². The monoisotopic (exact) mass is 395 g/mol. The Morgan fingerprint density at radius 1 is 1.21 bits per heavy atom. The van der Waals surface area contributed by atoms with Gasteiger partial charge in [0.25, 0.3) is 0 Å². The second-order valence-corrected chi connectivity index (χ2v) is 9.58. The molecular weight excluding hydrogens is 366 g/mol. The summed E-state index contributed by atoms with van der Waals surface area (Å²) >= 11 is 0. The summed E-state index contributed by atoms with van der Waals surface area (Å²) in [6.45, 7) is 5.89. The summed E-state index contributed by atoms with van der Waals surface area (Å²) in [5.74, 6) is -0.965. The smallest absolute Gasteiger partial charge is 0.404 e. The molecule has 6 aliphatic rings. The maximum Gasteiger partial charge on any atom is 0.404 e. The van der Waals surface area contributed by atoms with Crippen LogP contribution in [0.1, 0.15) is 52.9 Å². The van der Waals surface area contributed by atoms with Crippen molar-refractivity contribution in [3.8, 4) is 0 Å². The fourth-order valence-corrected chi connectivity index (χ4v) is 6.31. The highest BCUT2D eigenvalue weighted by Gasteiger charge is 2.72. The van der Waals surface area contributed by atoms with E-state index in [0.29, 0.717) is 18.8 Å². The van der Waals surface area contributed by atoms with E-state index in [1.165, 1.54) is 0 Å². The molecule has 1 amide bonds. The lowest BCUT2D eigenvalue weighted by molar-refractivity contribution is -0.560. The van der Waals surface area contributed by atoms with E-state index in [-0.39, 0.29) is 41.7 Å². The van der Waals surface area contributed by atoms with Crippen LogP contribution < -0.4 is 5.73 Å². The molecule has 6 rings (SSSR count). The molecule has 6 fully saturated rings. The molecule has 4 saturated heterocycles. The molecule has 9 atom stereocenters. The number of ether oxygens (including phenoxy) is 3. The molecule has 2 saturated carbocycles. The molecule has 0 aromatic carbocycles. The second kappa shape index (κ2) is 6.06. The molecule has 8 nitrogen and oxygen atoms in total. The van der Waals surface area contributed by atoms with Crippen molar-refractivity contribution in [2.75, 3.05) is 0 Å². The number of hydrogen-bond acceptors (Lipinski definition) is 7. The summed E-state index contributed by atoms with van der Waals surface area (Å²) in [5.41, 5.74) is 4.57. The van der Waals surface area contributed by atoms with Crippen LogP contribution in [-0.2, 0) is 28.8 Å². The van der Waals surface area contributed by atoms with Gasteiger partial charge in [0.2, 0.25) is 12.1 Å². The lowest BCUT2D eigenvalue weighted by Gasteiger charge is -2.60. The molecule has 0 aromatic heterocycles. The van der Waals surface area contributed by atoms with Gasteiger partial charge in [-0.25, -0.2) is 14.6 Å². The van der Waals surface area contributed by atoms with Gasteiger partial charge in [0.1, 0.15) is 6.10 Å². The van der Waals surface area contributed by atoms with Gasteiger partial charge in [0, 0.05) is 18.3 Å². The highest BCUT2D eigenvalue weighted by Crippen LogP contribution is 2.62. The average Bonchev–Trinajstić information content (AvgIpc) is 3.47. The van der Waals surface area contributed by atoms with Gasteiger partial charge in [-0.05, 0) is 50.4 Å². The van der Waals surface area contributed by atoms with E-state index in [4.69, 9.17) is 29.7 Å². The fourth-order valence-electron chi connectivity index (χ4n) is 6.31. The molecule has 0 radical (unpaired) electrons. The van der Waals surface area contributed by atoms with Crippen LogP contribution in [0.25, 0.3) is 0 Å². The molecule has 4 heterocycles. The number of primary amides is 1. The van der Waals surface area contributed by atoms with Crippen molar-refractivity contribution < 1.29 is 33.6 Å². The van der Waals surface area contributed by atoms with Crippen LogP contribution in [-0.4, -0.2) is 35.8 Å². The Morgan fingerprint density at radius 2 is 1.96 bits per heavy atom. The van der Waals surface area contributed by atoms with Crippen molar-refractivity contribution in [2.45, 2.75) is 76.7 Å². The highest BCUT2D eigenvalue weighted by atomic mass is 17.3. The van der Waals surface area contributed by atoms with E-state index < -0.39 is 23.8 Å². The minimum atomic E-state index is -0.923. The van der Waals surface area contributed by atoms with Gasteiger partial charge < -0.3 is 19.9 Å². The first-order chi connectivity index (χ1) is 13.2. The first kappa shape index (κ1) is 18.6. The van der Waals surface area contributed by atoms with Crippen molar-refractivity contribution in [3.63, 3.8) is 0 Å². The summed E-state index contributed by atoms with van der Waals surface area (Å²) < 4.78 is 17.4. The molecule has 1 spiro atoms. The number of nitrogens with two attached hydrogens (primary N) is 1. The zero-order valence-electron chi connectivity index (χ0n) is 16.6. The molecular formula is C20H29NO7. The Balaban J connectivity index is 1.55. The summed E-state index contributed by atoms with van der Waals surface area (Å²) in [4.78, 5) is 36.0. The van der Waals surface area contributed by atoms with Gasteiger partial charge in [-0.2, -0.15) is 0 Å². The van der Waals surface area contributed by atoms with Crippen LogP contribution in [0.2, 0.25) is 0 Å². The van der Waals surface area contributed by atoms with Crippen LogP contribution in [0.5, 0.6) is 0 Å². The molecule has 4 aliphatic heterocycles. The van der Waals surface area contributed by atoms with Crippen LogP contribution in [0.15, 0.2) is 0 Å². The number of fused-ring (bicyclic) bond motifs is 2. The van der Waals surface area contributed by atoms with Gasteiger partial charge in [0.05, 0.1) is 5.92 Å². The maximum atomic E-state index is 12.6. The van der Waals surface area contributed by atoms with Crippen molar-refractivity contribution in [1.29, 1.82) is 0 Å². The number of hydrogen-bond donors (Lipinski definition) is 1. The Labute approximate surface area is 164 Å². The lowest BCUT2D eigenvalue weighted by Crippen LogP contribution is -2.71. The molecule has 156 valence electrons. The third-order valence-electron chi connectivity index (χ3n) is 7.95. The van der Waals surface area contributed by atoms with Gasteiger partial charge in [0.15, 0.2) is 5.60 Å². The molecule has 28 heavy (non-hydrogen) atoms. The number of carbonyl (C=O) groups is 2. The quantitative estimate of drug-likeness (QED) is 0.578. The molecule has 8 heteroatoms. The Kier molecular flexibility index (Phi) is 4.03. The minimum absolute atomic E-state index is 0.0684. The molecule has 2 bridgehead atoms. The van der Waals surface area contributed by atoms with Gasteiger partial charge in [-0.3, -0.25) is 4.79 Å². The number of rotatable bonds is 3. The van der Waals surface area contributed by atoms with Crippen LogP contribution >= 0.6 is 0 Å². The normalized spacial score (nSPS) is 50.9. The predicted molar refractivity (Wildman–Crippen MR) is 94.1 cm³/mol. The average molecular weight is 395 g/mol. The van der Waals surface area contributed by atoms with Crippen LogP contribution in [0.4, 0.5) is 4.79 Å². The molecule has 1 unspecified atom stereocenters. The van der Waals surface area contributed by atoms with Crippen LogP contribution in [0.3, 0.4) is 0 Å². The molecule has 2 aliphatic carbocycles. The third kappa shape index (κ3) is 2.53. The summed E-state index contributed by atoms with van der Waals surface area (Å²) in [7, 11) is 0. The Bertz CT molecular complexity index is 696. The lowest BCUT2D eigenvalue weighted by atomic mass is 9.54. The number of amides is 1. The zero-order valence-corrected chi connectivity index (χ0v) is 16.6. The summed E-state index contributed by atoms with van der Waals surface area (Å²) in [5, 5.41) is 0. The first-order valence-electron chi connectivity index (χ1n) is 10.5. The predicted octanol–water partition coefficient (Wildman–Crippen LogP) is 2.49. The summed E-state index contributed by atoms with van der Waals surface area (Å²) in [6, 6.07) is 0. The highest BCUT2D eigenvalue weighted by molar-refractivity contribution is 5.74. The standard InChI is InChI=1S/C20H29NO7/c1-9-12(15(11-4-5-11)24-18(21)23)8-14-10(2)16(22)25-17-20(14)13(9)6-7-19(3,26-17)27-28-20/h9-15,17H,4-8H2,1-3H3,(H2,21,23)/t9-,10+,12-,13-,14-,15?,17+,19+,20+/m0/s1. The maximum absolute atomic E-state index is 12.6. The van der Waals surface area contributed by atoms with E-state index in [1.807, 2.05) is 13.8 Å². The number of carbonyl (C=O) groups excluding carboxylic acids is 2. The van der Waals surface area contributed by atoms with Gasteiger partial charge in [-0.1, -0.05) is 13.8 Å². The SMILES string of the molecule is C[C@H]1[C@@H](C(OC(N)=O)C2CC2)C[C@H]2[C@@H](C)C(=O)O[C@@H]3O[C@@]4(C)CC[C@@H]1[C@]32OO4. The van der Waals surface area contributed by atoms with Crippen LogP contribution in [0, 0.1) is 35.5 Å².